The number of methoxy groups -OCH3 is 1. The zero-order valence-electron chi connectivity index (χ0n) is 16.8. The number of ether oxygens (including phenoxy) is 1. The van der Waals surface area contributed by atoms with E-state index in [9.17, 15) is 14.4 Å². The van der Waals surface area contributed by atoms with Crippen LogP contribution >= 0.6 is 11.6 Å². The van der Waals surface area contributed by atoms with Gasteiger partial charge < -0.3 is 15.4 Å². The second-order valence-electron chi connectivity index (χ2n) is 6.60. The molecular formula is C21H24ClN3O4. The lowest BCUT2D eigenvalue weighted by molar-refractivity contribution is -0.140. The highest BCUT2D eigenvalue weighted by Crippen LogP contribution is 2.25. The number of esters is 1. The van der Waals surface area contributed by atoms with E-state index < -0.39 is 23.2 Å². The number of carbonyl (C=O) groups is 3. The largest absolute Gasteiger partial charge is 0.468 e. The van der Waals surface area contributed by atoms with Crippen molar-refractivity contribution in [1.82, 2.24) is 10.3 Å². The summed E-state index contributed by atoms with van der Waals surface area (Å²) in [4.78, 5) is 41.3. The first-order chi connectivity index (χ1) is 13.8. The Morgan fingerprint density at radius 3 is 2.55 bits per heavy atom. The fourth-order valence-corrected chi connectivity index (χ4v) is 2.74. The summed E-state index contributed by atoms with van der Waals surface area (Å²) in [7, 11) is 1.25. The Morgan fingerprint density at radius 1 is 1.17 bits per heavy atom. The molecule has 1 heterocycles. The van der Waals surface area contributed by atoms with Gasteiger partial charge >= 0.3 is 5.97 Å². The Hall–Kier alpha value is -2.93. The molecule has 154 valence electrons. The van der Waals surface area contributed by atoms with Gasteiger partial charge in [-0.3, -0.25) is 14.4 Å². The first-order valence-corrected chi connectivity index (χ1v) is 9.62. The number of amides is 2. The molecule has 1 aromatic heterocycles. The summed E-state index contributed by atoms with van der Waals surface area (Å²) in [5.74, 6) is -1.50. The molecule has 2 unspecified atom stereocenters. The number of pyridine rings is 1. The molecule has 0 fully saturated rings. The second-order valence-corrected chi connectivity index (χ2v) is 7.03. The third-order valence-electron chi connectivity index (χ3n) is 4.33. The third kappa shape index (κ3) is 5.77. The molecule has 1 aromatic carbocycles. The molecule has 0 radical (unpaired) electrons. The van der Waals surface area contributed by atoms with E-state index in [1.807, 2.05) is 13.8 Å². The minimum atomic E-state index is -0.991. The predicted molar refractivity (Wildman–Crippen MR) is 111 cm³/mol. The Morgan fingerprint density at radius 2 is 1.90 bits per heavy atom. The van der Waals surface area contributed by atoms with Crippen molar-refractivity contribution >= 4 is 35.1 Å². The lowest BCUT2D eigenvalue weighted by atomic mass is 10.1. The van der Waals surface area contributed by atoms with Crippen molar-refractivity contribution in [2.45, 2.75) is 38.6 Å². The van der Waals surface area contributed by atoms with Crippen LogP contribution in [0.15, 0.2) is 36.4 Å². The number of aryl methyl sites for hydroxylation is 1. The Balaban J connectivity index is 2.28. The van der Waals surface area contributed by atoms with E-state index >= 15 is 0 Å². The highest BCUT2D eigenvalue weighted by Gasteiger charge is 2.22. The fraction of sp³-hybridized carbons (Fsp3) is 0.333. The molecule has 0 saturated carbocycles. The van der Waals surface area contributed by atoms with Crippen molar-refractivity contribution in [3.05, 3.63) is 58.9 Å². The van der Waals surface area contributed by atoms with Crippen LogP contribution in [0.3, 0.4) is 0 Å². The van der Waals surface area contributed by atoms with E-state index in [-0.39, 0.29) is 17.3 Å². The van der Waals surface area contributed by atoms with Crippen molar-refractivity contribution in [2.75, 3.05) is 12.4 Å². The van der Waals surface area contributed by atoms with Gasteiger partial charge in [0.2, 0.25) is 0 Å². The van der Waals surface area contributed by atoms with Gasteiger partial charge in [-0.1, -0.05) is 19.1 Å². The minimum Gasteiger partial charge on any atom is -0.468 e. The lowest BCUT2D eigenvalue weighted by Crippen LogP contribution is -2.34. The molecule has 2 amide bonds. The molecule has 0 aliphatic rings. The van der Waals surface area contributed by atoms with E-state index in [2.05, 4.69) is 20.4 Å². The second kappa shape index (κ2) is 10.0. The number of alkyl halides is 1. The first-order valence-electron chi connectivity index (χ1n) is 9.18. The van der Waals surface area contributed by atoms with E-state index in [1.54, 1.807) is 43.3 Å². The molecule has 0 aliphatic heterocycles. The van der Waals surface area contributed by atoms with E-state index in [1.165, 1.54) is 7.11 Å². The lowest BCUT2D eigenvalue weighted by Gasteiger charge is -2.14. The fourth-order valence-electron chi connectivity index (χ4n) is 2.52. The van der Waals surface area contributed by atoms with Crippen LogP contribution in [0, 0.1) is 6.92 Å². The van der Waals surface area contributed by atoms with Gasteiger partial charge in [0.15, 0.2) is 5.38 Å². The Labute approximate surface area is 174 Å². The maximum Gasteiger partial charge on any atom is 0.328 e. The molecule has 2 aromatic rings. The molecule has 7 nitrogen and oxygen atoms in total. The average molecular weight is 418 g/mol. The summed E-state index contributed by atoms with van der Waals surface area (Å²) in [5.41, 5.74) is 1.74. The number of nitrogens with zero attached hydrogens (tertiary/aromatic N) is 1. The molecule has 0 aliphatic carbocycles. The average Bonchev–Trinajstić information content (AvgIpc) is 2.72. The van der Waals surface area contributed by atoms with Crippen LogP contribution in [-0.2, 0) is 9.53 Å². The van der Waals surface area contributed by atoms with E-state index in [4.69, 9.17) is 11.6 Å². The van der Waals surface area contributed by atoms with Crippen LogP contribution in [0.5, 0.6) is 0 Å². The Bertz CT molecular complexity index is 917. The molecule has 0 spiro atoms. The maximum atomic E-state index is 12.8. The van der Waals surface area contributed by atoms with Crippen molar-refractivity contribution in [1.29, 1.82) is 0 Å². The summed E-state index contributed by atoms with van der Waals surface area (Å²) < 4.78 is 4.64. The summed E-state index contributed by atoms with van der Waals surface area (Å²) in [6.45, 7) is 5.58. The normalized spacial score (nSPS) is 12.6. The molecular weight excluding hydrogens is 394 g/mol. The molecule has 8 heteroatoms. The number of benzene rings is 1. The predicted octanol–water partition coefficient (Wildman–Crippen LogP) is 3.62. The number of anilines is 1. The zero-order valence-corrected chi connectivity index (χ0v) is 17.5. The van der Waals surface area contributed by atoms with Crippen LogP contribution in [-0.4, -0.2) is 35.9 Å². The van der Waals surface area contributed by atoms with E-state index in [0.29, 0.717) is 16.9 Å². The van der Waals surface area contributed by atoms with Gasteiger partial charge in [-0.25, -0.2) is 4.98 Å². The highest BCUT2D eigenvalue weighted by molar-refractivity contribution is 6.30. The molecule has 2 rings (SSSR count). The summed E-state index contributed by atoms with van der Waals surface area (Å²) in [5, 5.41) is 4.56. The SMILES string of the molecule is CCC(C)NC(=O)c1nc(C)ccc1C(=O)Nc1cccc(C(Cl)C(=O)OC)c1. The van der Waals surface area contributed by atoms with Crippen LogP contribution in [0.4, 0.5) is 5.69 Å². The summed E-state index contributed by atoms with van der Waals surface area (Å²) >= 11 is 6.08. The number of aromatic nitrogens is 1. The minimum absolute atomic E-state index is 0.0450. The quantitative estimate of drug-likeness (QED) is 0.529. The standard InChI is InChI=1S/C21H24ClN3O4/c1-5-12(2)24-20(27)18-16(10-9-13(3)23-18)19(26)25-15-8-6-7-14(11-15)17(22)21(28)29-4/h6-12,17H,5H2,1-4H3,(H,24,27)(H,25,26). The number of hydrogen-bond donors (Lipinski definition) is 2. The van der Waals surface area contributed by atoms with E-state index in [0.717, 1.165) is 6.42 Å². The van der Waals surface area contributed by atoms with Gasteiger partial charge in [0.25, 0.3) is 11.8 Å². The van der Waals surface area contributed by atoms with Gasteiger partial charge in [-0.2, -0.15) is 0 Å². The molecule has 0 bridgehead atoms. The van der Waals surface area contributed by atoms with Crippen molar-refractivity contribution in [3.8, 4) is 0 Å². The zero-order chi connectivity index (χ0) is 21.6. The van der Waals surface area contributed by atoms with Gasteiger partial charge in [-0.05, 0) is 50.1 Å². The highest BCUT2D eigenvalue weighted by atomic mass is 35.5. The van der Waals surface area contributed by atoms with Crippen LogP contribution < -0.4 is 10.6 Å². The van der Waals surface area contributed by atoms with Crippen molar-refractivity contribution in [3.63, 3.8) is 0 Å². The smallest absolute Gasteiger partial charge is 0.328 e. The first kappa shape index (κ1) is 22.4. The monoisotopic (exact) mass is 417 g/mol. The number of rotatable bonds is 7. The molecule has 0 saturated heterocycles. The maximum absolute atomic E-state index is 12.8. The topological polar surface area (TPSA) is 97.4 Å². The number of nitrogens with one attached hydrogen (secondary N) is 2. The van der Waals surface area contributed by atoms with Gasteiger partial charge in [0, 0.05) is 17.4 Å². The van der Waals surface area contributed by atoms with Crippen molar-refractivity contribution in [2.24, 2.45) is 0 Å². The Kier molecular flexibility index (Phi) is 7.73. The van der Waals surface area contributed by atoms with Gasteiger partial charge in [0.05, 0.1) is 12.7 Å². The van der Waals surface area contributed by atoms with Gasteiger partial charge in [0.1, 0.15) is 5.69 Å². The third-order valence-corrected chi connectivity index (χ3v) is 4.76. The van der Waals surface area contributed by atoms with Gasteiger partial charge in [-0.15, -0.1) is 11.6 Å². The number of halogens is 1. The molecule has 2 N–H and O–H groups in total. The van der Waals surface area contributed by atoms with Crippen LogP contribution in [0.2, 0.25) is 0 Å². The summed E-state index contributed by atoms with van der Waals surface area (Å²) in [6, 6.07) is 9.73. The molecule has 2 atom stereocenters. The van der Waals surface area contributed by atoms with Crippen molar-refractivity contribution < 1.29 is 19.1 Å². The summed E-state index contributed by atoms with van der Waals surface area (Å²) in [6.07, 6.45) is 0.756. The molecule has 29 heavy (non-hydrogen) atoms. The number of hydrogen-bond acceptors (Lipinski definition) is 5. The number of carbonyl (C=O) groups excluding carboxylic acids is 3. The van der Waals surface area contributed by atoms with Crippen LogP contribution in [0.25, 0.3) is 0 Å². The van der Waals surface area contributed by atoms with Crippen LogP contribution in [0.1, 0.15) is 57.7 Å².